The van der Waals surface area contributed by atoms with Crippen LogP contribution < -0.4 is 0 Å². The Bertz CT molecular complexity index is 225. The van der Waals surface area contributed by atoms with Crippen LogP contribution in [-0.2, 0) is 4.79 Å². The number of nitrogens with zero attached hydrogens (tertiary/aromatic N) is 1. The predicted molar refractivity (Wildman–Crippen MR) is 54.1 cm³/mol. The predicted octanol–water partition coefficient (Wildman–Crippen LogP) is 1.58. The fraction of sp³-hybridized carbons (Fsp3) is 0.909. The van der Waals surface area contributed by atoms with Crippen LogP contribution in [-0.4, -0.2) is 35.6 Å². The third-order valence-corrected chi connectivity index (χ3v) is 3.74. The Labute approximate surface area is 85.1 Å². The standard InChI is InChI=1S/C11H19NO2/c1-9(10(13)14)6-12-7-11(8-12)4-2-3-5-11/h9H,2-8H2,1H3,(H,13,14). The number of aliphatic carboxylic acids is 1. The molecule has 2 aliphatic rings. The highest BCUT2D eigenvalue weighted by atomic mass is 16.4. The normalized spacial score (nSPS) is 27.5. The maximum absolute atomic E-state index is 10.7. The number of rotatable bonds is 3. The molecule has 1 N–H and O–H groups in total. The van der Waals surface area contributed by atoms with Crippen molar-refractivity contribution in [2.24, 2.45) is 11.3 Å². The van der Waals surface area contributed by atoms with Crippen molar-refractivity contribution in [3.8, 4) is 0 Å². The van der Waals surface area contributed by atoms with E-state index in [1.165, 1.54) is 25.7 Å². The lowest BCUT2D eigenvalue weighted by atomic mass is 9.78. The molecule has 3 nitrogen and oxygen atoms in total. The van der Waals surface area contributed by atoms with Crippen molar-refractivity contribution in [1.29, 1.82) is 0 Å². The maximum atomic E-state index is 10.7. The summed E-state index contributed by atoms with van der Waals surface area (Å²) in [7, 11) is 0. The van der Waals surface area contributed by atoms with Crippen LogP contribution in [0, 0.1) is 11.3 Å². The second-order valence-corrected chi connectivity index (χ2v) is 5.12. The quantitative estimate of drug-likeness (QED) is 0.746. The first-order valence-corrected chi connectivity index (χ1v) is 5.56. The van der Waals surface area contributed by atoms with Crippen molar-refractivity contribution >= 4 is 5.97 Å². The van der Waals surface area contributed by atoms with Gasteiger partial charge >= 0.3 is 5.97 Å². The van der Waals surface area contributed by atoms with Crippen LogP contribution in [0.5, 0.6) is 0 Å². The maximum Gasteiger partial charge on any atom is 0.307 e. The summed E-state index contributed by atoms with van der Waals surface area (Å²) in [4.78, 5) is 13.0. The number of hydrogen-bond donors (Lipinski definition) is 1. The fourth-order valence-electron chi connectivity index (χ4n) is 2.94. The molecule has 2 rings (SSSR count). The van der Waals surface area contributed by atoms with Gasteiger partial charge in [-0.3, -0.25) is 4.79 Å². The van der Waals surface area contributed by atoms with Crippen LogP contribution >= 0.6 is 0 Å². The molecule has 2 fully saturated rings. The van der Waals surface area contributed by atoms with Gasteiger partial charge in [-0.1, -0.05) is 19.8 Å². The molecule has 1 spiro atoms. The Kier molecular flexibility index (Phi) is 2.52. The molecule has 0 aromatic carbocycles. The second-order valence-electron chi connectivity index (χ2n) is 5.12. The molecule has 80 valence electrons. The molecule has 3 heteroatoms. The van der Waals surface area contributed by atoms with Crippen molar-refractivity contribution < 1.29 is 9.90 Å². The molecule has 1 saturated carbocycles. The lowest BCUT2D eigenvalue weighted by Crippen LogP contribution is -2.56. The SMILES string of the molecule is CC(CN1CC2(CCCC2)C1)C(=O)O. The first-order chi connectivity index (χ1) is 6.61. The summed E-state index contributed by atoms with van der Waals surface area (Å²) >= 11 is 0. The topological polar surface area (TPSA) is 40.5 Å². The van der Waals surface area contributed by atoms with Crippen LogP contribution in [0.3, 0.4) is 0 Å². The van der Waals surface area contributed by atoms with Gasteiger partial charge in [0, 0.05) is 19.6 Å². The summed E-state index contributed by atoms with van der Waals surface area (Å²) in [5.41, 5.74) is 0.595. The summed E-state index contributed by atoms with van der Waals surface area (Å²) in [5, 5.41) is 8.78. The highest BCUT2D eigenvalue weighted by Crippen LogP contribution is 2.45. The van der Waals surface area contributed by atoms with Gasteiger partial charge in [-0.25, -0.2) is 0 Å². The Morgan fingerprint density at radius 1 is 1.43 bits per heavy atom. The molecule has 0 amide bonds. The van der Waals surface area contributed by atoms with Gasteiger partial charge in [0.15, 0.2) is 0 Å². The van der Waals surface area contributed by atoms with Crippen molar-refractivity contribution in [2.45, 2.75) is 32.6 Å². The van der Waals surface area contributed by atoms with Crippen molar-refractivity contribution in [3.05, 3.63) is 0 Å². The minimum absolute atomic E-state index is 0.214. The molecule has 1 unspecified atom stereocenters. The average Bonchev–Trinajstić information content (AvgIpc) is 2.51. The number of likely N-dealkylation sites (tertiary alicyclic amines) is 1. The summed E-state index contributed by atoms with van der Waals surface area (Å²) in [5.74, 6) is -0.883. The minimum Gasteiger partial charge on any atom is -0.481 e. The summed E-state index contributed by atoms with van der Waals surface area (Å²) < 4.78 is 0. The van der Waals surface area contributed by atoms with E-state index in [9.17, 15) is 4.79 Å². The van der Waals surface area contributed by atoms with Gasteiger partial charge in [0.2, 0.25) is 0 Å². The van der Waals surface area contributed by atoms with E-state index >= 15 is 0 Å². The van der Waals surface area contributed by atoms with Gasteiger partial charge in [-0.2, -0.15) is 0 Å². The molecular weight excluding hydrogens is 178 g/mol. The van der Waals surface area contributed by atoms with Gasteiger partial charge < -0.3 is 10.0 Å². The Hall–Kier alpha value is -0.570. The lowest BCUT2D eigenvalue weighted by Gasteiger charge is -2.49. The Balaban J connectivity index is 1.75. The van der Waals surface area contributed by atoms with Crippen LogP contribution in [0.4, 0.5) is 0 Å². The zero-order valence-corrected chi connectivity index (χ0v) is 8.83. The number of carbonyl (C=O) groups is 1. The first-order valence-electron chi connectivity index (χ1n) is 5.56. The average molecular weight is 197 g/mol. The van der Waals surface area contributed by atoms with Crippen LogP contribution in [0.1, 0.15) is 32.6 Å². The molecule has 1 aliphatic carbocycles. The van der Waals surface area contributed by atoms with E-state index in [0.29, 0.717) is 5.41 Å². The molecule has 0 aromatic rings. The van der Waals surface area contributed by atoms with E-state index in [4.69, 9.17) is 5.11 Å². The van der Waals surface area contributed by atoms with E-state index in [1.807, 2.05) is 0 Å². The van der Waals surface area contributed by atoms with Gasteiger partial charge in [0.05, 0.1) is 5.92 Å². The number of hydrogen-bond acceptors (Lipinski definition) is 2. The molecule has 14 heavy (non-hydrogen) atoms. The molecule has 1 saturated heterocycles. The van der Waals surface area contributed by atoms with Gasteiger partial charge in [0.1, 0.15) is 0 Å². The molecule has 0 radical (unpaired) electrons. The molecule has 0 bridgehead atoms. The van der Waals surface area contributed by atoms with E-state index < -0.39 is 5.97 Å². The van der Waals surface area contributed by atoms with Crippen LogP contribution in [0.15, 0.2) is 0 Å². The zero-order valence-electron chi connectivity index (χ0n) is 8.83. The monoisotopic (exact) mass is 197 g/mol. The fourth-order valence-corrected chi connectivity index (χ4v) is 2.94. The number of carboxylic acids is 1. The highest BCUT2D eigenvalue weighted by Gasteiger charge is 2.44. The van der Waals surface area contributed by atoms with E-state index in [-0.39, 0.29) is 5.92 Å². The zero-order chi connectivity index (χ0) is 10.2. The number of carboxylic acid groups (broad SMARTS) is 1. The van der Waals surface area contributed by atoms with E-state index in [0.717, 1.165) is 19.6 Å². The third-order valence-electron chi connectivity index (χ3n) is 3.74. The second kappa shape index (κ2) is 3.54. The van der Waals surface area contributed by atoms with Gasteiger partial charge in [-0.05, 0) is 18.3 Å². The molecule has 1 atom stereocenters. The Morgan fingerprint density at radius 3 is 2.50 bits per heavy atom. The van der Waals surface area contributed by atoms with Crippen molar-refractivity contribution in [3.63, 3.8) is 0 Å². The minimum atomic E-state index is -0.669. The molecule has 1 heterocycles. The largest absolute Gasteiger partial charge is 0.481 e. The third kappa shape index (κ3) is 1.78. The lowest BCUT2D eigenvalue weighted by molar-refractivity contribution is -0.143. The van der Waals surface area contributed by atoms with Crippen LogP contribution in [0.25, 0.3) is 0 Å². The summed E-state index contributed by atoms with van der Waals surface area (Å²) in [6.07, 6.45) is 5.49. The molecule has 1 aliphatic heterocycles. The van der Waals surface area contributed by atoms with Gasteiger partial charge in [0.25, 0.3) is 0 Å². The summed E-state index contributed by atoms with van der Waals surface area (Å²) in [6, 6.07) is 0. The van der Waals surface area contributed by atoms with Crippen molar-refractivity contribution in [2.75, 3.05) is 19.6 Å². The first kappa shape index (κ1) is 9.97. The highest BCUT2D eigenvalue weighted by molar-refractivity contribution is 5.69. The van der Waals surface area contributed by atoms with Gasteiger partial charge in [-0.15, -0.1) is 0 Å². The van der Waals surface area contributed by atoms with Crippen LogP contribution in [0.2, 0.25) is 0 Å². The molecular formula is C11H19NO2. The summed E-state index contributed by atoms with van der Waals surface area (Å²) in [6.45, 7) is 4.81. The molecule has 0 aromatic heterocycles. The van der Waals surface area contributed by atoms with E-state index in [1.54, 1.807) is 6.92 Å². The Morgan fingerprint density at radius 2 is 2.00 bits per heavy atom. The smallest absolute Gasteiger partial charge is 0.307 e. The van der Waals surface area contributed by atoms with E-state index in [2.05, 4.69) is 4.90 Å². The van der Waals surface area contributed by atoms with Crippen molar-refractivity contribution in [1.82, 2.24) is 4.90 Å².